The molecule has 0 N–H and O–H groups in total. The van der Waals surface area contributed by atoms with Gasteiger partial charge in [-0.05, 0) is 24.4 Å². The Kier molecular flexibility index (Phi) is 2.45. The van der Waals surface area contributed by atoms with Crippen molar-refractivity contribution < 1.29 is 18.4 Å². The van der Waals surface area contributed by atoms with Crippen molar-refractivity contribution in [2.45, 2.75) is 43.6 Å². The van der Waals surface area contributed by atoms with E-state index in [1.54, 1.807) is 0 Å². The summed E-state index contributed by atoms with van der Waals surface area (Å²) in [4.78, 5) is 15.9. The number of oxime groups is 1. The molecular formula is C9H10ClF2NO2. The second-order valence-electron chi connectivity index (χ2n) is 4.12. The Morgan fingerprint density at radius 1 is 1.33 bits per heavy atom. The predicted molar refractivity (Wildman–Crippen MR) is 50.1 cm³/mol. The van der Waals surface area contributed by atoms with E-state index in [-0.39, 0.29) is 37.8 Å². The zero-order valence-corrected chi connectivity index (χ0v) is 8.69. The van der Waals surface area contributed by atoms with Gasteiger partial charge in [0, 0.05) is 19.3 Å². The summed E-state index contributed by atoms with van der Waals surface area (Å²) in [5.74, 6) is -2.61. The molecule has 1 aliphatic heterocycles. The third-order valence-electron chi connectivity index (χ3n) is 2.96. The summed E-state index contributed by atoms with van der Waals surface area (Å²) in [5.41, 5.74) is -0.566. The first-order valence-corrected chi connectivity index (χ1v) is 5.13. The number of hydrogen-bond acceptors (Lipinski definition) is 3. The summed E-state index contributed by atoms with van der Waals surface area (Å²) in [6, 6.07) is 0. The molecule has 0 aromatic heterocycles. The van der Waals surface area contributed by atoms with E-state index < -0.39 is 16.8 Å². The van der Waals surface area contributed by atoms with E-state index >= 15 is 0 Å². The smallest absolute Gasteiger partial charge is 0.270 e. The largest absolute Gasteiger partial charge is 0.388 e. The molecular weight excluding hydrogens is 228 g/mol. The Hall–Kier alpha value is -0.710. The van der Waals surface area contributed by atoms with Gasteiger partial charge >= 0.3 is 0 Å². The van der Waals surface area contributed by atoms with E-state index in [0.717, 1.165) is 0 Å². The molecule has 1 saturated carbocycles. The summed E-state index contributed by atoms with van der Waals surface area (Å²) in [5, 5.41) is 2.89. The normalized spacial score (nSPS) is 27.3. The average molecular weight is 238 g/mol. The molecule has 0 aromatic carbocycles. The van der Waals surface area contributed by atoms with Crippen molar-refractivity contribution in [3.05, 3.63) is 0 Å². The van der Waals surface area contributed by atoms with Gasteiger partial charge < -0.3 is 4.84 Å². The maximum absolute atomic E-state index is 12.9. The van der Waals surface area contributed by atoms with E-state index in [4.69, 9.17) is 16.4 Å². The summed E-state index contributed by atoms with van der Waals surface area (Å²) < 4.78 is 25.8. The molecule has 2 aliphatic rings. The first-order valence-electron chi connectivity index (χ1n) is 4.75. The molecule has 84 valence electrons. The summed E-state index contributed by atoms with van der Waals surface area (Å²) >= 11 is 5.24. The lowest BCUT2D eigenvalue weighted by Crippen LogP contribution is -2.39. The zero-order valence-electron chi connectivity index (χ0n) is 7.93. The van der Waals surface area contributed by atoms with Crippen LogP contribution in [0.15, 0.2) is 5.16 Å². The van der Waals surface area contributed by atoms with Crippen molar-refractivity contribution in [3.63, 3.8) is 0 Å². The fraction of sp³-hybridized carbons (Fsp3) is 0.778. The molecule has 0 atom stereocenters. The van der Waals surface area contributed by atoms with Crippen molar-refractivity contribution in [1.82, 2.24) is 0 Å². The van der Waals surface area contributed by atoms with Crippen molar-refractivity contribution in [2.75, 3.05) is 0 Å². The molecule has 1 fully saturated rings. The summed E-state index contributed by atoms with van der Waals surface area (Å²) in [7, 11) is 0. The maximum Gasteiger partial charge on any atom is 0.270 e. The van der Waals surface area contributed by atoms with Crippen molar-refractivity contribution >= 4 is 22.6 Å². The number of rotatable bonds is 1. The van der Waals surface area contributed by atoms with Crippen LogP contribution in [0.5, 0.6) is 0 Å². The predicted octanol–water partition coefficient (Wildman–Crippen LogP) is 2.48. The summed E-state index contributed by atoms with van der Waals surface area (Å²) in [6.07, 6.45) is 0.262. The Morgan fingerprint density at radius 2 is 1.93 bits per heavy atom. The Morgan fingerprint density at radius 3 is 2.40 bits per heavy atom. The van der Waals surface area contributed by atoms with Crippen LogP contribution in [0.25, 0.3) is 0 Å². The maximum atomic E-state index is 12.9. The number of nitrogens with zero attached hydrogens (tertiary/aromatic N) is 1. The zero-order chi connectivity index (χ0) is 11.1. The number of carbonyl (C=O) groups excluding carboxylic acids is 1. The minimum absolute atomic E-state index is 0.141. The molecule has 1 aliphatic carbocycles. The third-order valence-corrected chi connectivity index (χ3v) is 3.18. The molecule has 2 rings (SSSR count). The number of halogens is 3. The summed E-state index contributed by atoms with van der Waals surface area (Å²) in [6.45, 7) is 0. The van der Waals surface area contributed by atoms with Crippen LogP contribution < -0.4 is 0 Å². The van der Waals surface area contributed by atoms with Gasteiger partial charge in [0.25, 0.3) is 5.24 Å². The molecule has 0 radical (unpaired) electrons. The molecule has 0 amide bonds. The van der Waals surface area contributed by atoms with Crippen LogP contribution in [0.4, 0.5) is 8.78 Å². The second kappa shape index (κ2) is 3.40. The highest BCUT2D eigenvalue weighted by Crippen LogP contribution is 2.44. The first-order chi connectivity index (χ1) is 6.93. The topological polar surface area (TPSA) is 38.7 Å². The highest BCUT2D eigenvalue weighted by atomic mass is 35.5. The van der Waals surface area contributed by atoms with Crippen LogP contribution in [0.3, 0.4) is 0 Å². The highest BCUT2D eigenvalue weighted by molar-refractivity contribution is 6.82. The Labute approximate surface area is 90.4 Å². The van der Waals surface area contributed by atoms with Gasteiger partial charge in [-0.15, -0.1) is 0 Å². The lowest BCUT2D eigenvalue weighted by molar-refractivity contribution is -0.119. The molecule has 6 heteroatoms. The van der Waals surface area contributed by atoms with Gasteiger partial charge in [0.2, 0.25) is 5.92 Å². The monoisotopic (exact) mass is 237 g/mol. The number of carbonyl (C=O) groups is 1. The molecule has 1 heterocycles. The van der Waals surface area contributed by atoms with Crippen LogP contribution >= 0.6 is 11.6 Å². The Balaban J connectivity index is 2.00. The molecule has 0 saturated heterocycles. The van der Waals surface area contributed by atoms with Crippen molar-refractivity contribution in [1.29, 1.82) is 0 Å². The van der Waals surface area contributed by atoms with E-state index in [2.05, 4.69) is 5.16 Å². The van der Waals surface area contributed by atoms with Crippen LogP contribution in [0.2, 0.25) is 0 Å². The lowest BCUT2D eigenvalue weighted by Gasteiger charge is -2.34. The molecule has 0 bridgehead atoms. The fourth-order valence-electron chi connectivity index (χ4n) is 1.97. The Bertz CT molecular complexity index is 320. The van der Waals surface area contributed by atoms with E-state index in [1.807, 2.05) is 0 Å². The lowest BCUT2D eigenvalue weighted by atomic mass is 9.80. The van der Waals surface area contributed by atoms with Gasteiger partial charge in [-0.2, -0.15) is 0 Å². The minimum Gasteiger partial charge on any atom is -0.388 e. The molecule has 0 aromatic rings. The van der Waals surface area contributed by atoms with E-state index in [9.17, 15) is 13.6 Å². The fourth-order valence-corrected chi connectivity index (χ4v) is 2.07. The number of hydrogen-bond donors (Lipinski definition) is 0. The van der Waals surface area contributed by atoms with Gasteiger partial charge in [0.05, 0.1) is 0 Å². The SMILES string of the molecule is O=C(Cl)C1=NOC2(CCC(F)(F)CC2)C1. The first kappa shape index (κ1) is 10.8. The van der Waals surface area contributed by atoms with E-state index in [1.165, 1.54) is 0 Å². The number of alkyl halides is 2. The van der Waals surface area contributed by atoms with E-state index in [0.29, 0.717) is 0 Å². The van der Waals surface area contributed by atoms with Crippen molar-refractivity contribution in [2.24, 2.45) is 5.16 Å². The molecule has 15 heavy (non-hydrogen) atoms. The van der Waals surface area contributed by atoms with Gasteiger partial charge in [-0.1, -0.05) is 5.16 Å². The standard InChI is InChI=1S/C9H10ClF2NO2/c10-7(14)6-5-8(15-13-6)1-3-9(11,12)4-2-8/h1-5H2. The van der Waals surface area contributed by atoms with Gasteiger partial charge in [-0.25, -0.2) is 8.78 Å². The van der Waals surface area contributed by atoms with Crippen LogP contribution in [-0.4, -0.2) is 22.5 Å². The van der Waals surface area contributed by atoms with Crippen LogP contribution in [0.1, 0.15) is 32.1 Å². The quantitative estimate of drug-likeness (QED) is 0.657. The third kappa shape index (κ3) is 2.12. The van der Waals surface area contributed by atoms with Gasteiger partial charge in [0.1, 0.15) is 11.3 Å². The van der Waals surface area contributed by atoms with Crippen LogP contribution in [-0.2, 0) is 9.63 Å². The van der Waals surface area contributed by atoms with Gasteiger partial charge in [0.15, 0.2) is 0 Å². The van der Waals surface area contributed by atoms with Gasteiger partial charge in [-0.3, -0.25) is 4.79 Å². The van der Waals surface area contributed by atoms with Crippen molar-refractivity contribution in [3.8, 4) is 0 Å². The van der Waals surface area contributed by atoms with Crippen LogP contribution in [0, 0.1) is 0 Å². The molecule has 3 nitrogen and oxygen atoms in total. The molecule has 0 unspecified atom stereocenters. The second-order valence-corrected chi connectivity index (χ2v) is 4.46. The highest BCUT2D eigenvalue weighted by Gasteiger charge is 2.48. The minimum atomic E-state index is -2.61. The molecule has 1 spiro atoms. The average Bonchev–Trinajstić information content (AvgIpc) is 2.56.